The van der Waals surface area contributed by atoms with Crippen molar-refractivity contribution >= 4 is 23.2 Å². The molecule has 1 aliphatic heterocycles. The second-order valence-corrected chi connectivity index (χ2v) is 5.43. The van der Waals surface area contributed by atoms with Crippen molar-refractivity contribution in [3.8, 4) is 0 Å². The predicted octanol–water partition coefficient (Wildman–Crippen LogP) is 2.18. The molecular formula is C15H20ClN3O. The summed E-state index contributed by atoms with van der Waals surface area (Å²) in [7, 11) is 0. The van der Waals surface area contributed by atoms with Crippen molar-refractivity contribution in [2.24, 2.45) is 5.73 Å². The Morgan fingerprint density at radius 3 is 3.10 bits per heavy atom. The quantitative estimate of drug-likeness (QED) is 0.837. The van der Waals surface area contributed by atoms with Gasteiger partial charge in [-0.3, -0.25) is 9.69 Å². The van der Waals surface area contributed by atoms with Gasteiger partial charge in [-0.1, -0.05) is 29.8 Å². The van der Waals surface area contributed by atoms with Crippen LogP contribution in [0.1, 0.15) is 12.0 Å². The van der Waals surface area contributed by atoms with E-state index in [4.69, 9.17) is 17.3 Å². The van der Waals surface area contributed by atoms with E-state index in [1.807, 2.05) is 19.1 Å². The standard InChI is InChI=1S/C15H20ClN3O/c1-11-5-6-12(16)8-14(11)18-15(20)10-19-7-3-2-4-13(19)9-17/h2,4-6,8,13H,3,7,9-10,17H2,1H3,(H,18,20). The average Bonchev–Trinajstić information content (AvgIpc) is 2.43. The molecule has 1 aromatic rings. The van der Waals surface area contributed by atoms with E-state index in [0.717, 1.165) is 24.2 Å². The van der Waals surface area contributed by atoms with Crippen molar-refractivity contribution < 1.29 is 4.79 Å². The van der Waals surface area contributed by atoms with Crippen LogP contribution in [-0.2, 0) is 4.79 Å². The molecule has 0 saturated heterocycles. The SMILES string of the molecule is Cc1ccc(Cl)cc1NC(=O)CN1CCC=CC1CN. The molecule has 0 spiro atoms. The molecule has 20 heavy (non-hydrogen) atoms. The van der Waals surface area contributed by atoms with Gasteiger partial charge in [-0.2, -0.15) is 0 Å². The van der Waals surface area contributed by atoms with Crippen LogP contribution in [-0.4, -0.2) is 36.5 Å². The predicted molar refractivity (Wildman–Crippen MR) is 83.0 cm³/mol. The first-order valence-corrected chi connectivity index (χ1v) is 7.14. The number of aryl methyl sites for hydroxylation is 1. The number of amides is 1. The summed E-state index contributed by atoms with van der Waals surface area (Å²) in [5.41, 5.74) is 7.48. The summed E-state index contributed by atoms with van der Waals surface area (Å²) in [4.78, 5) is 14.2. The Bertz CT molecular complexity index is 516. The fraction of sp³-hybridized carbons (Fsp3) is 0.400. The highest BCUT2D eigenvalue weighted by atomic mass is 35.5. The highest BCUT2D eigenvalue weighted by molar-refractivity contribution is 6.31. The highest BCUT2D eigenvalue weighted by Crippen LogP contribution is 2.20. The van der Waals surface area contributed by atoms with Gasteiger partial charge in [0, 0.05) is 29.8 Å². The van der Waals surface area contributed by atoms with Crippen LogP contribution >= 0.6 is 11.6 Å². The molecule has 1 amide bonds. The topological polar surface area (TPSA) is 58.4 Å². The molecule has 0 aliphatic carbocycles. The lowest BCUT2D eigenvalue weighted by Crippen LogP contribution is -2.45. The van der Waals surface area contributed by atoms with Gasteiger partial charge in [0.15, 0.2) is 0 Å². The van der Waals surface area contributed by atoms with Gasteiger partial charge in [0.1, 0.15) is 0 Å². The van der Waals surface area contributed by atoms with E-state index in [0.29, 0.717) is 18.1 Å². The molecule has 0 saturated carbocycles. The van der Waals surface area contributed by atoms with E-state index < -0.39 is 0 Å². The van der Waals surface area contributed by atoms with E-state index in [9.17, 15) is 4.79 Å². The third kappa shape index (κ3) is 3.82. The number of carbonyl (C=O) groups is 1. The van der Waals surface area contributed by atoms with Crippen LogP contribution in [0.15, 0.2) is 30.4 Å². The number of hydrogen-bond donors (Lipinski definition) is 2. The molecule has 0 fully saturated rings. The fourth-order valence-corrected chi connectivity index (χ4v) is 2.48. The molecule has 0 bridgehead atoms. The number of anilines is 1. The monoisotopic (exact) mass is 293 g/mol. The molecule has 1 aliphatic rings. The zero-order chi connectivity index (χ0) is 14.5. The average molecular weight is 294 g/mol. The minimum atomic E-state index is -0.0379. The number of nitrogens with two attached hydrogens (primary N) is 1. The van der Waals surface area contributed by atoms with E-state index in [2.05, 4.69) is 22.4 Å². The van der Waals surface area contributed by atoms with Crippen LogP contribution in [0, 0.1) is 6.92 Å². The number of nitrogens with zero attached hydrogens (tertiary/aromatic N) is 1. The molecular weight excluding hydrogens is 274 g/mol. The molecule has 108 valence electrons. The molecule has 0 radical (unpaired) electrons. The van der Waals surface area contributed by atoms with Crippen molar-refractivity contribution in [2.45, 2.75) is 19.4 Å². The van der Waals surface area contributed by atoms with Gasteiger partial charge in [-0.15, -0.1) is 0 Å². The van der Waals surface area contributed by atoms with Gasteiger partial charge < -0.3 is 11.1 Å². The van der Waals surface area contributed by atoms with Crippen molar-refractivity contribution in [2.75, 3.05) is 25.0 Å². The van der Waals surface area contributed by atoms with E-state index in [1.165, 1.54) is 0 Å². The third-order valence-electron chi connectivity index (χ3n) is 3.47. The van der Waals surface area contributed by atoms with Crippen molar-refractivity contribution in [1.82, 2.24) is 4.90 Å². The minimum absolute atomic E-state index is 0.0379. The Hall–Kier alpha value is -1.36. The van der Waals surface area contributed by atoms with Crippen LogP contribution in [0.25, 0.3) is 0 Å². The number of halogens is 1. The largest absolute Gasteiger partial charge is 0.329 e. The zero-order valence-electron chi connectivity index (χ0n) is 11.6. The van der Waals surface area contributed by atoms with Crippen LogP contribution in [0.2, 0.25) is 5.02 Å². The van der Waals surface area contributed by atoms with Crippen LogP contribution < -0.4 is 11.1 Å². The maximum atomic E-state index is 12.1. The second-order valence-electron chi connectivity index (χ2n) is 5.00. The first-order valence-electron chi connectivity index (χ1n) is 6.77. The first kappa shape index (κ1) is 15.0. The maximum absolute atomic E-state index is 12.1. The van der Waals surface area contributed by atoms with Gasteiger partial charge >= 0.3 is 0 Å². The molecule has 0 aromatic heterocycles. The molecule has 1 heterocycles. The fourth-order valence-electron chi connectivity index (χ4n) is 2.31. The summed E-state index contributed by atoms with van der Waals surface area (Å²) >= 11 is 5.95. The zero-order valence-corrected chi connectivity index (χ0v) is 12.4. The third-order valence-corrected chi connectivity index (χ3v) is 3.71. The Morgan fingerprint density at radius 2 is 2.35 bits per heavy atom. The normalized spacial score (nSPS) is 19.1. The molecule has 5 heteroatoms. The maximum Gasteiger partial charge on any atom is 0.238 e. The Kier molecular flexibility index (Phi) is 5.17. The van der Waals surface area contributed by atoms with E-state index >= 15 is 0 Å². The molecule has 2 rings (SSSR count). The van der Waals surface area contributed by atoms with Gasteiger partial charge in [-0.25, -0.2) is 0 Å². The lowest BCUT2D eigenvalue weighted by Gasteiger charge is -2.30. The van der Waals surface area contributed by atoms with Gasteiger partial charge in [0.2, 0.25) is 5.91 Å². The number of hydrogen-bond acceptors (Lipinski definition) is 3. The number of carbonyl (C=O) groups excluding carboxylic acids is 1. The second kappa shape index (κ2) is 6.88. The lowest BCUT2D eigenvalue weighted by atomic mass is 10.1. The molecule has 1 aromatic carbocycles. The molecule has 1 unspecified atom stereocenters. The van der Waals surface area contributed by atoms with Crippen LogP contribution in [0.5, 0.6) is 0 Å². The summed E-state index contributed by atoms with van der Waals surface area (Å²) < 4.78 is 0. The van der Waals surface area contributed by atoms with Gasteiger partial charge in [0.05, 0.1) is 6.54 Å². The smallest absolute Gasteiger partial charge is 0.238 e. The Morgan fingerprint density at radius 1 is 1.55 bits per heavy atom. The highest BCUT2D eigenvalue weighted by Gasteiger charge is 2.20. The van der Waals surface area contributed by atoms with Gasteiger partial charge in [-0.05, 0) is 31.0 Å². The summed E-state index contributed by atoms with van der Waals surface area (Å²) in [5, 5.41) is 3.53. The summed E-state index contributed by atoms with van der Waals surface area (Å²) in [6, 6.07) is 5.62. The Balaban J connectivity index is 1.98. The molecule has 1 atom stereocenters. The van der Waals surface area contributed by atoms with E-state index in [1.54, 1.807) is 6.07 Å². The molecule has 4 nitrogen and oxygen atoms in total. The van der Waals surface area contributed by atoms with Crippen molar-refractivity contribution in [1.29, 1.82) is 0 Å². The van der Waals surface area contributed by atoms with Gasteiger partial charge in [0.25, 0.3) is 0 Å². The summed E-state index contributed by atoms with van der Waals surface area (Å²) in [6.45, 7) is 3.68. The number of benzene rings is 1. The van der Waals surface area contributed by atoms with Crippen LogP contribution in [0.3, 0.4) is 0 Å². The molecule has 3 N–H and O–H groups in total. The summed E-state index contributed by atoms with van der Waals surface area (Å²) in [5.74, 6) is -0.0379. The minimum Gasteiger partial charge on any atom is -0.329 e. The lowest BCUT2D eigenvalue weighted by molar-refractivity contribution is -0.117. The van der Waals surface area contributed by atoms with Crippen molar-refractivity contribution in [3.05, 3.63) is 40.9 Å². The van der Waals surface area contributed by atoms with Crippen molar-refractivity contribution in [3.63, 3.8) is 0 Å². The summed E-state index contributed by atoms with van der Waals surface area (Å²) in [6.07, 6.45) is 5.15. The van der Waals surface area contributed by atoms with E-state index in [-0.39, 0.29) is 11.9 Å². The first-order chi connectivity index (χ1) is 9.60. The Labute approximate surface area is 124 Å². The van der Waals surface area contributed by atoms with Crippen LogP contribution in [0.4, 0.5) is 5.69 Å². The number of rotatable bonds is 4. The number of nitrogens with one attached hydrogen (secondary N) is 1.